The van der Waals surface area contributed by atoms with Crippen molar-refractivity contribution >= 4 is 19.8 Å². The zero-order chi connectivity index (χ0) is 35.8. The van der Waals surface area contributed by atoms with Crippen LogP contribution in [0.15, 0.2) is 12.2 Å². The van der Waals surface area contributed by atoms with Crippen LogP contribution in [0.4, 0.5) is 0 Å². The van der Waals surface area contributed by atoms with Gasteiger partial charge in [-0.05, 0) is 32.1 Å². The second-order valence-corrected chi connectivity index (χ2v) is 14.1. The number of esters is 2. The highest BCUT2D eigenvalue weighted by molar-refractivity contribution is 7.47. The lowest BCUT2D eigenvalue weighted by atomic mass is 9.85. The maximum atomic E-state index is 12.7. The molecule has 0 bridgehead atoms. The van der Waals surface area contributed by atoms with Crippen LogP contribution < -0.4 is 0 Å². The van der Waals surface area contributed by atoms with E-state index < -0.39 is 75.7 Å². The molecular formula is C34H63O13P. The highest BCUT2D eigenvalue weighted by atomic mass is 31.2. The van der Waals surface area contributed by atoms with Gasteiger partial charge in [-0.15, -0.1) is 0 Å². The van der Waals surface area contributed by atoms with Gasteiger partial charge in [0, 0.05) is 12.8 Å². The van der Waals surface area contributed by atoms with Crippen LogP contribution in [0.1, 0.15) is 136 Å². The van der Waals surface area contributed by atoms with Crippen molar-refractivity contribution in [1.82, 2.24) is 0 Å². The number of carbonyl (C=O) groups excluding carboxylic acids is 2. The standard InChI is InChI=1S/C34H63O13P/c1-3-5-7-9-11-13-14-15-17-19-21-23-28(36)46-26(24-44-27(35)22-20-18-16-12-10-8-6-4-2)25-45-48(42,43)47-34-32(40)30(38)29(37)31(39)33(34)41/h9,11,26,29-34,37-41H,3-8,10,12-25H2,1-2H3,(H,42,43)/b11-9+/t26-,29?,30-,31?,32?,33?,34?/m1/s1. The second kappa shape index (κ2) is 26.4. The van der Waals surface area contributed by atoms with E-state index in [1.807, 2.05) is 0 Å². The Hall–Kier alpha value is -1.41. The molecule has 1 aliphatic rings. The van der Waals surface area contributed by atoms with Gasteiger partial charge in [-0.1, -0.05) is 103 Å². The molecule has 0 heterocycles. The van der Waals surface area contributed by atoms with Gasteiger partial charge in [0.2, 0.25) is 0 Å². The van der Waals surface area contributed by atoms with E-state index in [4.69, 9.17) is 18.5 Å². The largest absolute Gasteiger partial charge is 0.472 e. The quantitative estimate of drug-likeness (QED) is 0.0280. The molecule has 6 unspecified atom stereocenters. The van der Waals surface area contributed by atoms with Gasteiger partial charge in [-0.3, -0.25) is 18.6 Å². The molecule has 6 N–H and O–H groups in total. The number of aliphatic hydroxyl groups excluding tert-OH is 5. The van der Waals surface area contributed by atoms with Crippen molar-refractivity contribution in [1.29, 1.82) is 0 Å². The fraction of sp³-hybridized carbons (Fsp3) is 0.882. The first kappa shape index (κ1) is 44.6. The number of aliphatic hydroxyl groups is 5. The van der Waals surface area contributed by atoms with Gasteiger partial charge >= 0.3 is 19.8 Å². The molecule has 0 amide bonds. The smallest absolute Gasteiger partial charge is 0.462 e. The number of phosphoric ester groups is 1. The van der Waals surface area contributed by atoms with Gasteiger partial charge in [-0.25, -0.2) is 4.57 Å². The van der Waals surface area contributed by atoms with Crippen molar-refractivity contribution in [2.45, 2.75) is 179 Å². The third kappa shape index (κ3) is 19.7. The molecule has 1 aliphatic carbocycles. The lowest BCUT2D eigenvalue weighted by Crippen LogP contribution is -2.64. The van der Waals surface area contributed by atoms with Crippen LogP contribution >= 0.6 is 7.82 Å². The lowest BCUT2D eigenvalue weighted by molar-refractivity contribution is -0.220. The summed E-state index contributed by atoms with van der Waals surface area (Å²) in [6.45, 7) is 3.16. The summed E-state index contributed by atoms with van der Waals surface area (Å²) in [5, 5.41) is 49.7. The Bertz CT molecular complexity index is 917. The van der Waals surface area contributed by atoms with Gasteiger partial charge in [0.05, 0.1) is 6.61 Å². The minimum atomic E-state index is -5.10. The number of hydrogen-bond acceptors (Lipinski definition) is 12. The van der Waals surface area contributed by atoms with E-state index in [2.05, 4.69) is 26.0 Å². The molecule has 282 valence electrons. The third-order valence-electron chi connectivity index (χ3n) is 8.36. The summed E-state index contributed by atoms with van der Waals surface area (Å²) in [6.07, 6.45) is 8.92. The first-order valence-corrected chi connectivity index (χ1v) is 19.5. The second-order valence-electron chi connectivity index (χ2n) is 12.7. The number of allylic oxidation sites excluding steroid dienone is 2. The van der Waals surface area contributed by atoms with E-state index in [0.717, 1.165) is 57.8 Å². The summed E-state index contributed by atoms with van der Waals surface area (Å²) in [5.41, 5.74) is 0. The Morgan fingerprint density at radius 1 is 0.625 bits per heavy atom. The van der Waals surface area contributed by atoms with Crippen molar-refractivity contribution in [2.75, 3.05) is 13.2 Å². The van der Waals surface area contributed by atoms with Crippen molar-refractivity contribution in [2.24, 2.45) is 0 Å². The minimum absolute atomic E-state index is 0.0888. The molecule has 13 nitrogen and oxygen atoms in total. The van der Waals surface area contributed by atoms with Gasteiger partial charge in [-0.2, -0.15) is 0 Å². The maximum Gasteiger partial charge on any atom is 0.472 e. The van der Waals surface area contributed by atoms with Gasteiger partial charge in [0.15, 0.2) is 6.10 Å². The van der Waals surface area contributed by atoms with E-state index in [-0.39, 0.29) is 12.8 Å². The molecule has 8 atom stereocenters. The number of rotatable bonds is 28. The number of carbonyl (C=O) groups is 2. The highest BCUT2D eigenvalue weighted by Crippen LogP contribution is 2.47. The summed E-state index contributed by atoms with van der Waals surface area (Å²) in [6, 6.07) is 0. The molecular weight excluding hydrogens is 647 g/mol. The molecule has 0 saturated heterocycles. The summed E-state index contributed by atoms with van der Waals surface area (Å²) in [7, 11) is -5.10. The molecule has 0 radical (unpaired) electrons. The summed E-state index contributed by atoms with van der Waals surface area (Å²) in [4.78, 5) is 35.2. The Balaban J connectivity index is 2.59. The third-order valence-corrected chi connectivity index (χ3v) is 9.34. The highest BCUT2D eigenvalue weighted by Gasteiger charge is 2.51. The van der Waals surface area contributed by atoms with Crippen molar-refractivity contribution < 1.29 is 63.1 Å². The zero-order valence-corrected chi connectivity index (χ0v) is 29.9. The average Bonchev–Trinajstić information content (AvgIpc) is 3.06. The van der Waals surface area contributed by atoms with Crippen LogP contribution in [-0.4, -0.2) is 98.3 Å². The Morgan fingerprint density at radius 3 is 1.65 bits per heavy atom. The van der Waals surface area contributed by atoms with Gasteiger partial charge < -0.3 is 39.9 Å². The normalized spacial score (nSPS) is 24.8. The summed E-state index contributed by atoms with van der Waals surface area (Å²) < 4.78 is 33.1. The van der Waals surface area contributed by atoms with Crippen LogP contribution in [0, 0.1) is 0 Å². The number of ether oxygens (including phenoxy) is 2. The number of hydrogen-bond donors (Lipinski definition) is 6. The van der Waals surface area contributed by atoms with Crippen LogP contribution in [0.25, 0.3) is 0 Å². The lowest BCUT2D eigenvalue weighted by Gasteiger charge is -2.41. The number of phosphoric acid groups is 1. The molecule has 0 spiro atoms. The zero-order valence-electron chi connectivity index (χ0n) is 29.0. The summed E-state index contributed by atoms with van der Waals surface area (Å²) >= 11 is 0. The molecule has 1 rings (SSSR count). The van der Waals surface area contributed by atoms with Gasteiger partial charge in [0.1, 0.15) is 43.2 Å². The Kier molecular flexibility index (Phi) is 24.5. The molecule has 14 heteroatoms. The van der Waals surface area contributed by atoms with E-state index in [1.165, 1.54) is 38.5 Å². The molecule has 0 aliphatic heterocycles. The van der Waals surface area contributed by atoms with Crippen LogP contribution in [0.5, 0.6) is 0 Å². The SMILES string of the molecule is CCCC/C=C/CCCCCCCC(=O)O[C@H](COC(=O)CCCCCCCCCC)COP(=O)(O)OC1C(O)C(O)C(O)[C@@H](O)C1O. The molecule has 48 heavy (non-hydrogen) atoms. The maximum absolute atomic E-state index is 12.7. The predicted octanol–water partition coefficient (Wildman–Crippen LogP) is 4.77. The Labute approximate surface area is 286 Å². The van der Waals surface area contributed by atoms with Gasteiger partial charge in [0.25, 0.3) is 0 Å². The van der Waals surface area contributed by atoms with E-state index >= 15 is 0 Å². The first-order valence-electron chi connectivity index (χ1n) is 18.0. The first-order chi connectivity index (χ1) is 22.9. The van der Waals surface area contributed by atoms with Crippen molar-refractivity contribution in [3.8, 4) is 0 Å². The number of unbranched alkanes of at least 4 members (excludes halogenated alkanes) is 14. The average molecular weight is 711 g/mol. The van der Waals surface area contributed by atoms with E-state index in [0.29, 0.717) is 12.8 Å². The molecule has 0 aromatic rings. The minimum Gasteiger partial charge on any atom is -0.462 e. The molecule has 0 aromatic heterocycles. The Morgan fingerprint density at radius 2 is 1.08 bits per heavy atom. The molecule has 1 fully saturated rings. The van der Waals surface area contributed by atoms with Crippen LogP contribution in [0.2, 0.25) is 0 Å². The predicted molar refractivity (Wildman–Crippen MR) is 180 cm³/mol. The van der Waals surface area contributed by atoms with Crippen LogP contribution in [0.3, 0.4) is 0 Å². The van der Waals surface area contributed by atoms with Crippen LogP contribution in [-0.2, 0) is 32.7 Å². The topological polar surface area (TPSA) is 210 Å². The molecule has 0 aromatic carbocycles. The summed E-state index contributed by atoms with van der Waals surface area (Å²) in [5.74, 6) is -1.12. The van der Waals surface area contributed by atoms with E-state index in [9.17, 15) is 44.6 Å². The molecule has 1 saturated carbocycles. The fourth-order valence-corrected chi connectivity index (χ4v) is 6.30. The fourth-order valence-electron chi connectivity index (χ4n) is 5.32. The monoisotopic (exact) mass is 710 g/mol. The van der Waals surface area contributed by atoms with Crippen molar-refractivity contribution in [3.63, 3.8) is 0 Å². The van der Waals surface area contributed by atoms with Crippen molar-refractivity contribution in [3.05, 3.63) is 12.2 Å². The van der Waals surface area contributed by atoms with E-state index in [1.54, 1.807) is 0 Å².